The first-order valence-electron chi connectivity index (χ1n) is 19.3. The minimum Gasteiger partial charge on any atom is -0.493 e. The molecule has 278 valence electrons. The van der Waals surface area contributed by atoms with Gasteiger partial charge in [-0.2, -0.15) is 0 Å². The normalized spacial score (nSPS) is 12.9. The molecule has 0 aliphatic carbocycles. The third kappa shape index (κ3) is 11.9. The molecule has 0 aliphatic heterocycles. The minimum atomic E-state index is -1.89. The Bertz CT molecular complexity index is 1430. The molecule has 50 heavy (non-hydrogen) atoms. The van der Waals surface area contributed by atoms with Crippen LogP contribution in [0.5, 0.6) is 5.75 Å². The second kappa shape index (κ2) is 18.5. The largest absolute Gasteiger partial charge is 0.493 e. The molecular formula is C44H70O4Si2. The van der Waals surface area contributed by atoms with Crippen molar-refractivity contribution < 1.29 is 18.7 Å². The van der Waals surface area contributed by atoms with Gasteiger partial charge in [0.05, 0.1) is 6.61 Å². The standard InChI is InChI=1S/C44H70O4Si2/c1-13-15-16-17-34-18-20-37(21-19-34)38-22-24-41(36(14-2)30-38)39-23-25-42(40(31-39)26-28-45)46-29-27-35(32-47-49(9,10)43(3,4)5)33-48-50(11,12)44(6,7)8/h18-25,30-31,35,45H,13-17,26-29,32-33H2,1-12H3. The van der Waals surface area contributed by atoms with Crippen LogP contribution in [0.25, 0.3) is 22.3 Å². The van der Waals surface area contributed by atoms with Crippen LogP contribution in [0.2, 0.25) is 36.3 Å². The molecule has 0 aromatic heterocycles. The van der Waals surface area contributed by atoms with Gasteiger partial charge in [-0.1, -0.05) is 117 Å². The summed E-state index contributed by atoms with van der Waals surface area (Å²) >= 11 is 0. The molecule has 0 amide bonds. The lowest BCUT2D eigenvalue weighted by Gasteiger charge is -2.39. The number of hydrogen-bond donors (Lipinski definition) is 1. The van der Waals surface area contributed by atoms with Crippen molar-refractivity contribution in [3.63, 3.8) is 0 Å². The van der Waals surface area contributed by atoms with Crippen LogP contribution < -0.4 is 4.74 Å². The van der Waals surface area contributed by atoms with Crippen LogP contribution in [0.15, 0.2) is 60.7 Å². The first-order chi connectivity index (χ1) is 23.4. The highest BCUT2D eigenvalue weighted by Gasteiger charge is 2.39. The second-order valence-corrected chi connectivity index (χ2v) is 26.9. The molecule has 0 saturated heterocycles. The Labute approximate surface area is 308 Å². The van der Waals surface area contributed by atoms with Crippen molar-refractivity contribution >= 4 is 16.6 Å². The van der Waals surface area contributed by atoms with E-state index in [1.807, 2.05) is 0 Å². The smallest absolute Gasteiger partial charge is 0.191 e. The van der Waals surface area contributed by atoms with E-state index in [2.05, 4.69) is 142 Å². The number of hydrogen-bond acceptors (Lipinski definition) is 4. The van der Waals surface area contributed by atoms with Crippen molar-refractivity contribution in [1.29, 1.82) is 0 Å². The van der Waals surface area contributed by atoms with Gasteiger partial charge < -0.3 is 18.7 Å². The van der Waals surface area contributed by atoms with Crippen molar-refractivity contribution in [3.8, 4) is 28.0 Å². The number of aryl methyl sites for hydroxylation is 2. The maximum absolute atomic E-state index is 10.0. The zero-order chi connectivity index (χ0) is 37.2. The first kappa shape index (κ1) is 42.2. The monoisotopic (exact) mass is 718 g/mol. The number of benzene rings is 3. The van der Waals surface area contributed by atoms with Crippen LogP contribution >= 0.6 is 0 Å². The third-order valence-electron chi connectivity index (χ3n) is 11.4. The average molecular weight is 719 g/mol. The Morgan fingerprint density at radius 1 is 0.660 bits per heavy atom. The van der Waals surface area contributed by atoms with E-state index in [1.54, 1.807) is 0 Å². The predicted octanol–water partition coefficient (Wildman–Crippen LogP) is 12.3. The van der Waals surface area contributed by atoms with Crippen molar-refractivity contribution in [2.24, 2.45) is 5.92 Å². The molecule has 0 radical (unpaired) electrons. The molecule has 4 nitrogen and oxygen atoms in total. The van der Waals surface area contributed by atoms with Gasteiger partial charge in [0.25, 0.3) is 0 Å². The molecule has 0 fully saturated rings. The Balaban J connectivity index is 1.76. The molecule has 0 atom stereocenters. The molecular weight excluding hydrogens is 649 g/mol. The van der Waals surface area contributed by atoms with Gasteiger partial charge in [-0.05, 0) is 119 Å². The topological polar surface area (TPSA) is 47.9 Å². The molecule has 0 unspecified atom stereocenters. The summed E-state index contributed by atoms with van der Waals surface area (Å²) in [5.74, 6) is 1.10. The zero-order valence-electron chi connectivity index (χ0n) is 33.8. The summed E-state index contributed by atoms with van der Waals surface area (Å²) in [5, 5.41) is 10.3. The SMILES string of the molecule is CCCCCc1ccc(-c2ccc(-c3ccc(OCCC(CO[Si](C)(C)C(C)(C)C)CO[Si](C)(C)C(C)(C)C)c(CCO)c3)c(CC)c2)cc1. The van der Waals surface area contributed by atoms with E-state index in [9.17, 15) is 5.11 Å². The van der Waals surface area contributed by atoms with Crippen LogP contribution in [0.1, 0.15) is 97.8 Å². The number of unbranched alkanes of at least 4 members (excludes halogenated alkanes) is 2. The Hall–Kier alpha value is -2.23. The van der Waals surface area contributed by atoms with Crippen LogP contribution in [-0.4, -0.2) is 48.2 Å². The second-order valence-electron chi connectivity index (χ2n) is 17.3. The van der Waals surface area contributed by atoms with Gasteiger partial charge in [-0.25, -0.2) is 0 Å². The van der Waals surface area contributed by atoms with Crippen molar-refractivity contribution in [2.45, 2.75) is 137 Å². The van der Waals surface area contributed by atoms with Gasteiger partial charge in [-0.15, -0.1) is 0 Å². The number of rotatable bonds is 19. The molecule has 3 rings (SSSR count). The predicted molar refractivity (Wildman–Crippen MR) is 221 cm³/mol. The van der Waals surface area contributed by atoms with Crippen LogP contribution in [0, 0.1) is 5.92 Å². The van der Waals surface area contributed by atoms with Gasteiger partial charge in [0.1, 0.15) is 5.75 Å². The van der Waals surface area contributed by atoms with E-state index in [0.717, 1.165) is 30.6 Å². The number of ether oxygens (including phenoxy) is 1. The maximum atomic E-state index is 10.0. The molecule has 1 N–H and O–H groups in total. The summed E-state index contributed by atoms with van der Waals surface area (Å²) < 4.78 is 19.9. The quantitative estimate of drug-likeness (QED) is 0.0990. The van der Waals surface area contributed by atoms with E-state index >= 15 is 0 Å². The van der Waals surface area contributed by atoms with E-state index < -0.39 is 16.6 Å². The Morgan fingerprint density at radius 2 is 1.22 bits per heavy atom. The lowest BCUT2D eigenvalue weighted by Crippen LogP contribution is -2.44. The summed E-state index contributed by atoms with van der Waals surface area (Å²) in [5.41, 5.74) is 8.71. The van der Waals surface area contributed by atoms with Gasteiger partial charge in [0.15, 0.2) is 16.6 Å². The van der Waals surface area contributed by atoms with E-state index in [-0.39, 0.29) is 22.6 Å². The molecule has 0 spiro atoms. The average Bonchev–Trinajstić information content (AvgIpc) is 3.05. The molecule has 0 aliphatic rings. The summed E-state index contributed by atoms with van der Waals surface area (Å²) in [6, 6.07) is 22.4. The van der Waals surface area contributed by atoms with Gasteiger partial charge in [0.2, 0.25) is 0 Å². The lowest BCUT2D eigenvalue weighted by atomic mass is 9.92. The highest BCUT2D eigenvalue weighted by Crippen LogP contribution is 2.39. The lowest BCUT2D eigenvalue weighted by molar-refractivity contribution is 0.135. The summed E-state index contributed by atoms with van der Waals surface area (Å²) in [7, 11) is -3.79. The highest BCUT2D eigenvalue weighted by atomic mass is 28.4. The summed E-state index contributed by atoms with van der Waals surface area (Å²) in [6.07, 6.45) is 7.30. The van der Waals surface area contributed by atoms with Gasteiger partial charge in [0, 0.05) is 25.7 Å². The summed E-state index contributed by atoms with van der Waals surface area (Å²) in [4.78, 5) is 0. The molecule has 0 bridgehead atoms. The fraction of sp³-hybridized carbons (Fsp3) is 0.591. The molecule has 3 aromatic carbocycles. The fourth-order valence-electron chi connectivity index (χ4n) is 5.63. The molecule has 6 heteroatoms. The van der Waals surface area contributed by atoms with Gasteiger partial charge >= 0.3 is 0 Å². The number of aliphatic hydroxyl groups excluding tert-OH is 1. The van der Waals surface area contributed by atoms with E-state index in [1.165, 1.54) is 52.6 Å². The van der Waals surface area contributed by atoms with Crippen LogP contribution in [0.4, 0.5) is 0 Å². The zero-order valence-corrected chi connectivity index (χ0v) is 35.8. The Morgan fingerprint density at radius 3 is 1.76 bits per heavy atom. The van der Waals surface area contributed by atoms with Crippen LogP contribution in [-0.2, 0) is 28.1 Å². The maximum Gasteiger partial charge on any atom is 0.191 e. The van der Waals surface area contributed by atoms with Gasteiger partial charge in [-0.3, -0.25) is 0 Å². The minimum absolute atomic E-state index is 0.0805. The molecule has 0 heterocycles. The number of aliphatic hydroxyl groups is 1. The van der Waals surface area contributed by atoms with Crippen molar-refractivity contribution in [2.75, 3.05) is 26.4 Å². The highest BCUT2D eigenvalue weighted by molar-refractivity contribution is 6.74. The first-order valence-corrected chi connectivity index (χ1v) is 25.1. The van der Waals surface area contributed by atoms with E-state index in [4.69, 9.17) is 13.6 Å². The van der Waals surface area contributed by atoms with E-state index in [0.29, 0.717) is 26.2 Å². The Kier molecular flexibility index (Phi) is 15.6. The fourth-order valence-corrected chi connectivity index (χ4v) is 7.80. The van der Waals surface area contributed by atoms with Crippen LogP contribution in [0.3, 0.4) is 0 Å². The third-order valence-corrected chi connectivity index (χ3v) is 20.4. The van der Waals surface area contributed by atoms with Crippen molar-refractivity contribution in [3.05, 3.63) is 77.4 Å². The summed E-state index contributed by atoms with van der Waals surface area (Å²) in [6.45, 7) is 29.6. The molecule has 3 aromatic rings. The molecule has 0 saturated carbocycles. The van der Waals surface area contributed by atoms with Crippen molar-refractivity contribution in [1.82, 2.24) is 0 Å².